The maximum atomic E-state index is 2.59. The second-order valence-corrected chi connectivity index (χ2v) is 25.6. The molecule has 0 saturated carbocycles. The fourth-order valence-corrected chi connectivity index (χ4v) is 12.9. The van der Waals surface area contributed by atoms with Gasteiger partial charge in [0.25, 0.3) is 0 Å². The molecule has 13 rings (SSSR count). The Morgan fingerprint density at radius 1 is 0.405 bits per heavy atom. The van der Waals surface area contributed by atoms with E-state index in [0.29, 0.717) is 5.92 Å². The summed E-state index contributed by atoms with van der Waals surface area (Å²) in [4.78, 5) is 7.58. The Hall–Kier alpha value is -8.40. The third-order valence-corrected chi connectivity index (χ3v) is 17.8. The first-order chi connectivity index (χ1) is 37.9. The summed E-state index contributed by atoms with van der Waals surface area (Å²) in [5.74, 6) is 0.456. The molecule has 0 saturated heterocycles. The van der Waals surface area contributed by atoms with Crippen LogP contribution in [-0.2, 0) is 16.2 Å². The molecule has 0 N–H and O–H groups in total. The summed E-state index contributed by atoms with van der Waals surface area (Å²) in [6.07, 6.45) is 8.26. The lowest BCUT2D eigenvalue weighted by Gasteiger charge is -2.50. The highest BCUT2D eigenvalue weighted by atomic mass is 15.2. The lowest BCUT2D eigenvalue weighted by Crippen LogP contribution is -2.38. The molecule has 0 radical (unpaired) electrons. The van der Waals surface area contributed by atoms with Crippen molar-refractivity contribution in [2.45, 2.75) is 91.9 Å². The Morgan fingerprint density at radius 3 is 1.39 bits per heavy atom. The van der Waals surface area contributed by atoms with Gasteiger partial charge in [-0.3, -0.25) is 0 Å². The smallest absolute Gasteiger partial charge is 0.0545 e. The zero-order valence-corrected chi connectivity index (χ0v) is 47.6. The van der Waals surface area contributed by atoms with Crippen LogP contribution in [0.1, 0.15) is 103 Å². The molecule has 3 nitrogen and oxygen atoms in total. The first-order valence-electron chi connectivity index (χ1n) is 28.4. The Bertz CT molecular complexity index is 4060. The monoisotopic (exact) mass is 1030 g/mol. The molecule has 3 aliphatic rings. The number of allylic oxidation sites excluding steroid dienone is 3. The first-order valence-corrected chi connectivity index (χ1v) is 28.4. The predicted molar refractivity (Wildman–Crippen MR) is 338 cm³/mol. The van der Waals surface area contributed by atoms with Crippen LogP contribution < -0.4 is 14.7 Å². The molecular weight excluding hydrogens is 955 g/mol. The molecule has 2 heterocycles. The number of para-hydroxylation sites is 1. The maximum absolute atomic E-state index is 2.59. The summed E-state index contributed by atoms with van der Waals surface area (Å²) in [5, 5.41) is 5.01. The second kappa shape index (κ2) is 18.6. The summed E-state index contributed by atoms with van der Waals surface area (Å²) in [7, 11) is 0. The van der Waals surface area contributed by atoms with Gasteiger partial charge in [0.05, 0.1) is 17.1 Å². The van der Waals surface area contributed by atoms with E-state index in [0.717, 1.165) is 34.9 Å². The molecule has 0 aromatic heterocycles. The van der Waals surface area contributed by atoms with Crippen LogP contribution in [0.15, 0.2) is 236 Å². The Morgan fingerprint density at radius 2 is 0.861 bits per heavy atom. The fourth-order valence-electron chi connectivity index (χ4n) is 12.9. The van der Waals surface area contributed by atoms with Gasteiger partial charge in [-0.2, -0.15) is 0 Å². The van der Waals surface area contributed by atoms with E-state index in [9.17, 15) is 0 Å². The summed E-state index contributed by atoms with van der Waals surface area (Å²) < 4.78 is 0. The molecule has 2 aliphatic heterocycles. The lowest BCUT2D eigenvalue weighted by molar-refractivity contribution is 0.293. The van der Waals surface area contributed by atoms with Crippen LogP contribution in [-0.4, -0.2) is 0 Å². The zero-order chi connectivity index (χ0) is 54.6. The van der Waals surface area contributed by atoms with E-state index in [-0.39, 0.29) is 16.2 Å². The maximum Gasteiger partial charge on any atom is 0.0545 e. The summed E-state index contributed by atoms with van der Waals surface area (Å²) in [6.45, 7) is 23.7. The highest BCUT2D eigenvalue weighted by Gasteiger charge is 2.46. The predicted octanol–water partition coefficient (Wildman–Crippen LogP) is 21.5. The number of rotatable bonds is 8. The summed E-state index contributed by atoms with van der Waals surface area (Å²) in [6, 6.07) is 80.0. The van der Waals surface area contributed by atoms with E-state index in [1.54, 1.807) is 0 Å². The second-order valence-electron chi connectivity index (χ2n) is 25.6. The molecule has 79 heavy (non-hydrogen) atoms. The fraction of sp³-hybridized carbons (Fsp3) is 0.211. The van der Waals surface area contributed by atoms with Gasteiger partial charge < -0.3 is 14.7 Å². The number of hydrogen-bond donors (Lipinski definition) is 0. The lowest BCUT2D eigenvalue weighted by atomic mass is 9.66. The van der Waals surface area contributed by atoms with Gasteiger partial charge in [0.15, 0.2) is 0 Å². The Balaban J connectivity index is 0.971. The van der Waals surface area contributed by atoms with Gasteiger partial charge in [-0.25, -0.2) is 0 Å². The van der Waals surface area contributed by atoms with Crippen LogP contribution >= 0.6 is 0 Å². The van der Waals surface area contributed by atoms with E-state index in [2.05, 4.69) is 314 Å². The van der Waals surface area contributed by atoms with Gasteiger partial charge in [-0.1, -0.05) is 209 Å². The molecule has 0 bridgehead atoms. The summed E-state index contributed by atoms with van der Waals surface area (Å²) >= 11 is 0. The average molecular weight is 1030 g/mol. The topological polar surface area (TPSA) is 9.72 Å². The van der Waals surface area contributed by atoms with Gasteiger partial charge in [0, 0.05) is 45.0 Å². The zero-order valence-electron chi connectivity index (χ0n) is 47.6. The van der Waals surface area contributed by atoms with Gasteiger partial charge in [0.2, 0.25) is 0 Å². The van der Waals surface area contributed by atoms with Crippen LogP contribution in [0.5, 0.6) is 0 Å². The van der Waals surface area contributed by atoms with Gasteiger partial charge in [0.1, 0.15) is 0 Å². The number of anilines is 8. The number of hydrogen-bond acceptors (Lipinski definition) is 3. The van der Waals surface area contributed by atoms with E-state index in [1.165, 1.54) is 94.4 Å². The normalized spacial score (nSPS) is 16.0. The minimum atomic E-state index is -0.411. The molecule has 0 spiro atoms. The first kappa shape index (κ1) is 50.1. The van der Waals surface area contributed by atoms with E-state index in [1.807, 2.05) is 0 Å². The van der Waals surface area contributed by atoms with Crippen LogP contribution in [0.3, 0.4) is 0 Å². The van der Waals surface area contributed by atoms with Crippen LogP contribution in [0, 0.1) is 11.3 Å². The van der Waals surface area contributed by atoms with Crippen molar-refractivity contribution in [1.29, 1.82) is 0 Å². The highest BCUT2D eigenvalue weighted by molar-refractivity contribution is 5.96. The molecule has 1 aliphatic carbocycles. The standard InChI is InChI=1S/C76H71N3/c1-73(2,3)58-31-39-62(40-32-58)77(60-35-27-52(28-36-60)56-25-23-50-17-11-13-19-54(50)45-56)64-43-44-71-67(47-64)76(9,10)69-49-65(48-68-72(69)79(71)70-22-16-15-21-66(70)75(68,7)8)78(63-41-33-59(34-42-63)74(4,5)6)61-37-29-53(30-38-61)57-26-24-51-18-12-14-20-55(51)46-57/h11-31,33-49,58H,32H2,1-10H3. The highest BCUT2D eigenvalue weighted by Crippen LogP contribution is 2.62. The molecule has 3 heteroatoms. The van der Waals surface area contributed by atoms with Crippen LogP contribution in [0.2, 0.25) is 0 Å². The van der Waals surface area contributed by atoms with Crippen molar-refractivity contribution in [3.8, 4) is 22.3 Å². The molecule has 10 aromatic rings. The average Bonchev–Trinajstić information content (AvgIpc) is 2.38. The van der Waals surface area contributed by atoms with Crippen molar-refractivity contribution < 1.29 is 0 Å². The molecule has 390 valence electrons. The van der Waals surface area contributed by atoms with Crippen LogP contribution in [0.25, 0.3) is 43.8 Å². The third kappa shape index (κ3) is 8.66. The van der Waals surface area contributed by atoms with Gasteiger partial charge >= 0.3 is 0 Å². The van der Waals surface area contributed by atoms with Gasteiger partial charge in [-0.15, -0.1) is 0 Å². The third-order valence-electron chi connectivity index (χ3n) is 17.8. The molecular formula is C76H71N3. The number of nitrogens with zero attached hydrogens (tertiary/aromatic N) is 3. The number of benzene rings is 10. The van der Waals surface area contributed by atoms with E-state index < -0.39 is 5.41 Å². The van der Waals surface area contributed by atoms with Crippen LogP contribution in [0.4, 0.5) is 45.5 Å². The van der Waals surface area contributed by atoms with E-state index >= 15 is 0 Å². The summed E-state index contributed by atoms with van der Waals surface area (Å²) in [5.41, 5.74) is 21.5. The van der Waals surface area contributed by atoms with Crippen molar-refractivity contribution in [3.05, 3.63) is 264 Å². The number of fused-ring (bicyclic) bond motifs is 6. The van der Waals surface area contributed by atoms with Crippen molar-refractivity contribution in [2.75, 3.05) is 14.7 Å². The largest absolute Gasteiger partial charge is 0.311 e. The van der Waals surface area contributed by atoms with Crippen molar-refractivity contribution in [2.24, 2.45) is 11.3 Å². The minimum Gasteiger partial charge on any atom is -0.311 e. The molecule has 10 aromatic carbocycles. The molecule has 1 atom stereocenters. The van der Waals surface area contributed by atoms with Gasteiger partial charge in [-0.05, 0) is 186 Å². The minimum absolute atomic E-state index is 0.0214. The van der Waals surface area contributed by atoms with Crippen molar-refractivity contribution >= 4 is 67.0 Å². The molecule has 0 amide bonds. The molecule has 1 unspecified atom stereocenters. The SMILES string of the molecule is CC(C)(C)c1ccc(N(c2ccc(-c3ccc4ccccc4c3)cc2)c2cc3c4c(c2)C(C)(C)c2cc(N(C5=CCC(C(C)(C)C)C=C5)c5ccc(-c6ccc7ccccc7c6)cc5)ccc2N4c2ccccc2C3(C)C)cc1. The van der Waals surface area contributed by atoms with E-state index in [4.69, 9.17) is 0 Å². The Labute approximate surface area is 468 Å². The quantitative estimate of drug-likeness (QED) is 0.150. The Kier molecular flexibility index (Phi) is 11.8. The van der Waals surface area contributed by atoms with Crippen molar-refractivity contribution in [1.82, 2.24) is 0 Å². The molecule has 0 fully saturated rings. The van der Waals surface area contributed by atoms with Crippen molar-refractivity contribution in [3.63, 3.8) is 0 Å².